The summed E-state index contributed by atoms with van der Waals surface area (Å²) in [5.41, 5.74) is 2.25. The highest BCUT2D eigenvalue weighted by Crippen LogP contribution is 2.15. The Morgan fingerprint density at radius 1 is 1.00 bits per heavy atom. The van der Waals surface area contributed by atoms with Gasteiger partial charge < -0.3 is 4.74 Å². The molecule has 2 aromatic carbocycles. The molecule has 0 heterocycles. The van der Waals surface area contributed by atoms with Crippen LogP contribution >= 0.6 is 0 Å². The Hall–Kier alpha value is -2.02. The molecule has 0 atom stereocenters. The molecular formula is C17H20O. The SMILES string of the molecule is C=Cc1cccc(OCc2ccccc2)c1.CC. The van der Waals surface area contributed by atoms with E-state index in [9.17, 15) is 0 Å². The molecule has 0 spiro atoms. The van der Waals surface area contributed by atoms with Gasteiger partial charge >= 0.3 is 0 Å². The topological polar surface area (TPSA) is 9.23 Å². The van der Waals surface area contributed by atoms with Crippen molar-refractivity contribution in [2.75, 3.05) is 0 Å². The fourth-order valence-electron chi connectivity index (χ4n) is 1.47. The molecular weight excluding hydrogens is 220 g/mol. The highest BCUT2D eigenvalue weighted by Gasteiger charge is 1.95. The van der Waals surface area contributed by atoms with Crippen LogP contribution in [0.5, 0.6) is 5.75 Å². The minimum absolute atomic E-state index is 0.599. The van der Waals surface area contributed by atoms with E-state index in [1.54, 1.807) is 0 Å². The first kappa shape index (κ1) is 14.0. The Morgan fingerprint density at radius 2 is 1.72 bits per heavy atom. The standard InChI is InChI=1S/C15H14O.C2H6/c1-2-13-9-6-10-15(11-13)16-12-14-7-4-3-5-8-14;1-2/h2-11H,1,12H2;1-2H3. The number of hydrogen-bond donors (Lipinski definition) is 0. The van der Waals surface area contributed by atoms with Crippen LogP contribution in [0.3, 0.4) is 0 Å². The quantitative estimate of drug-likeness (QED) is 0.736. The molecule has 18 heavy (non-hydrogen) atoms. The lowest BCUT2D eigenvalue weighted by molar-refractivity contribution is 0.306. The molecule has 0 radical (unpaired) electrons. The van der Waals surface area contributed by atoms with E-state index < -0.39 is 0 Å². The van der Waals surface area contributed by atoms with Gasteiger partial charge in [0.05, 0.1) is 0 Å². The lowest BCUT2D eigenvalue weighted by atomic mass is 10.2. The van der Waals surface area contributed by atoms with Crippen LogP contribution in [-0.2, 0) is 6.61 Å². The first-order chi connectivity index (χ1) is 8.88. The van der Waals surface area contributed by atoms with Gasteiger partial charge in [-0.25, -0.2) is 0 Å². The van der Waals surface area contributed by atoms with E-state index >= 15 is 0 Å². The predicted octanol–water partition coefficient (Wildman–Crippen LogP) is 4.93. The molecule has 2 aromatic rings. The second-order valence-corrected chi connectivity index (χ2v) is 3.55. The first-order valence-corrected chi connectivity index (χ1v) is 6.28. The lowest BCUT2D eigenvalue weighted by Crippen LogP contribution is -1.94. The maximum atomic E-state index is 5.69. The molecule has 0 amide bonds. The van der Waals surface area contributed by atoms with Gasteiger partial charge in [-0.3, -0.25) is 0 Å². The molecule has 0 aliphatic heterocycles. The Morgan fingerprint density at radius 3 is 2.39 bits per heavy atom. The van der Waals surface area contributed by atoms with Crippen LogP contribution in [0.4, 0.5) is 0 Å². The summed E-state index contributed by atoms with van der Waals surface area (Å²) in [6, 6.07) is 18.0. The van der Waals surface area contributed by atoms with Gasteiger partial charge in [0.25, 0.3) is 0 Å². The van der Waals surface area contributed by atoms with Crippen molar-refractivity contribution in [3.05, 3.63) is 72.3 Å². The zero-order valence-electron chi connectivity index (χ0n) is 11.1. The Balaban J connectivity index is 0.000000771. The molecule has 0 fully saturated rings. The van der Waals surface area contributed by atoms with E-state index in [4.69, 9.17) is 4.74 Å². The van der Waals surface area contributed by atoms with Crippen LogP contribution in [0, 0.1) is 0 Å². The van der Waals surface area contributed by atoms with Crippen LogP contribution in [0.1, 0.15) is 25.0 Å². The summed E-state index contributed by atoms with van der Waals surface area (Å²) in [4.78, 5) is 0. The van der Waals surface area contributed by atoms with E-state index in [0.29, 0.717) is 6.61 Å². The lowest BCUT2D eigenvalue weighted by Gasteiger charge is -2.06. The fourth-order valence-corrected chi connectivity index (χ4v) is 1.47. The van der Waals surface area contributed by atoms with Crippen molar-refractivity contribution in [3.63, 3.8) is 0 Å². The van der Waals surface area contributed by atoms with E-state index in [-0.39, 0.29) is 0 Å². The summed E-state index contributed by atoms with van der Waals surface area (Å²) in [7, 11) is 0. The zero-order chi connectivity index (χ0) is 13.2. The highest BCUT2D eigenvalue weighted by atomic mass is 16.5. The molecule has 1 heteroatoms. The van der Waals surface area contributed by atoms with Crippen molar-refractivity contribution in [3.8, 4) is 5.75 Å². The molecule has 0 bridgehead atoms. The molecule has 1 nitrogen and oxygen atoms in total. The van der Waals surface area contributed by atoms with Crippen LogP contribution in [0.15, 0.2) is 61.2 Å². The molecule has 94 valence electrons. The maximum Gasteiger partial charge on any atom is 0.120 e. The first-order valence-electron chi connectivity index (χ1n) is 6.28. The monoisotopic (exact) mass is 240 g/mol. The molecule has 0 N–H and O–H groups in total. The van der Waals surface area contributed by atoms with Crippen molar-refractivity contribution >= 4 is 6.08 Å². The zero-order valence-corrected chi connectivity index (χ0v) is 11.1. The second kappa shape index (κ2) is 8.13. The number of ether oxygens (including phenoxy) is 1. The van der Waals surface area contributed by atoms with Crippen molar-refractivity contribution in [2.45, 2.75) is 20.5 Å². The molecule has 0 saturated carbocycles. The molecule has 0 aliphatic carbocycles. The third kappa shape index (κ3) is 4.46. The van der Waals surface area contributed by atoms with E-state index in [1.165, 1.54) is 5.56 Å². The largest absolute Gasteiger partial charge is 0.489 e. The number of rotatable bonds is 4. The normalized spacial score (nSPS) is 9.00. The summed E-state index contributed by atoms with van der Waals surface area (Å²) in [6.07, 6.45) is 1.81. The average molecular weight is 240 g/mol. The Labute approximate surface area is 110 Å². The van der Waals surface area contributed by atoms with Crippen LogP contribution < -0.4 is 4.74 Å². The van der Waals surface area contributed by atoms with Gasteiger partial charge in [-0.1, -0.05) is 69.0 Å². The van der Waals surface area contributed by atoms with Gasteiger partial charge in [-0.15, -0.1) is 0 Å². The summed E-state index contributed by atoms with van der Waals surface area (Å²) in [5.74, 6) is 0.876. The van der Waals surface area contributed by atoms with Gasteiger partial charge in [0.15, 0.2) is 0 Å². The Kier molecular flexibility index (Phi) is 6.34. The minimum Gasteiger partial charge on any atom is -0.489 e. The minimum atomic E-state index is 0.599. The summed E-state index contributed by atoms with van der Waals surface area (Å²) < 4.78 is 5.69. The summed E-state index contributed by atoms with van der Waals surface area (Å²) >= 11 is 0. The highest BCUT2D eigenvalue weighted by molar-refractivity contribution is 5.49. The van der Waals surface area contributed by atoms with Crippen LogP contribution in [0.25, 0.3) is 6.08 Å². The Bertz CT molecular complexity index is 460. The van der Waals surface area contributed by atoms with Gasteiger partial charge in [-0.2, -0.15) is 0 Å². The molecule has 0 aromatic heterocycles. The van der Waals surface area contributed by atoms with Gasteiger partial charge in [-0.05, 0) is 23.3 Å². The van der Waals surface area contributed by atoms with Crippen molar-refractivity contribution in [1.82, 2.24) is 0 Å². The summed E-state index contributed by atoms with van der Waals surface area (Å²) in [5, 5.41) is 0. The van der Waals surface area contributed by atoms with Gasteiger partial charge in [0, 0.05) is 0 Å². The van der Waals surface area contributed by atoms with E-state index in [1.807, 2.05) is 62.4 Å². The number of benzene rings is 2. The smallest absolute Gasteiger partial charge is 0.120 e. The van der Waals surface area contributed by atoms with E-state index in [2.05, 4.69) is 18.7 Å². The number of hydrogen-bond acceptors (Lipinski definition) is 1. The van der Waals surface area contributed by atoms with Crippen molar-refractivity contribution < 1.29 is 4.74 Å². The molecule has 2 rings (SSSR count). The van der Waals surface area contributed by atoms with E-state index in [0.717, 1.165) is 11.3 Å². The second-order valence-electron chi connectivity index (χ2n) is 3.55. The average Bonchev–Trinajstić information content (AvgIpc) is 2.48. The summed E-state index contributed by atoms with van der Waals surface area (Å²) in [6.45, 7) is 8.33. The van der Waals surface area contributed by atoms with Gasteiger partial charge in [0.2, 0.25) is 0 Å². The van der Waals surface area contributed by atoms with Crippen LogP contribution in [-0.4, -0.2) is 0 Å². The maximum absolute atomic E-state index is 5.69. The van der Waals surface area contributed by atoms with Crippen molar-refractivity contribution in [1.29, 1.82) is 0 Å². The molecule has 0 unspecified atom stereocenters. The molecule has 0 aliphatic rings. The third-order valence-corrected chi connectivity index (χ3v) is 2.34. The predicted molar refractivity (Wildman–Crippen MR) is 78.7 cm³/mol. The van der Waals surface area contributed by atoms with Gasteiger partial charge in [0.1, 0.15) is 12.4 Å². The third-order valence-electron chi connectivity index (χ3n) is 2.34. The van der Waals surface area contributed by atoms with Crippen LogP contribution in [0.2, 0.25) is 0 Å². The fraction of sp³-hybridized carbons (Fsp3) is 0.176. The molecule has 0 saturated heterocycles. The van der Waals surface area contributed by atoms with Crippen molar-refractivity contribution in [2.24, 2.45) is 0 Å².